The minimum absolute atomic E-state index is 0.0393. The zero-order chi connectivity index (χ0) is 35.0. The molecule has 50 heavy (non-hydrogen) atoms. The van der Waals surface area contributed by atoms with Gasteiger partial charge in [-0.3, -0.25) is 14.8 Å². The largest absolute Gasteiger partial charge is 0.465 e. The van der Waals surface area contributed by atoms with E-state index in [4.69, 9.17) is 0 Å². The van der Waals surface area contributed by atoms with E-state index < -0.39 is 27.8 Å². The van der Waals surface area contributed by atoms with Crippen molar-refractivity contribution in [1.82, 2.24) is 29.6 Å². The van der Waals surface area contributed by atoms with Crippen LogP contribution in [0.1, 0.15) is 34.3 Å². The molecule has 14 heteroatoms. The maximum Gasteiger partial charge on any atom is 0.404 e. The lowest BCUT2D eigenvalue weighted by molar-refractivity contribution is 0.0950. The molecular weight excluding hydrogens is 662 g/mol. The van der Waals surface area contributed by atoms with Gasteiger partial charge in [-0.1, -0.05) is 23.8 Å². The minimum atomic E-state index is -4.17. The van der Waals surface area contributed by atoms with E-state index in [0.29, 0.717) is 47.1 Å². The second-order valence-electron chi connectivity index (χ2n) is 12.2. The molecule has 1 saturated heterocycles. The summed E-state index contributed by atoms with van der Waals surface area (Å²) < 4.78 is 45.1. The summed E-state index contributed by atoms with van der Waals surface area (Å²) >= 11 is 0. The SMILES string of the molecule is Cc1ccc(S(=O)(=O)n2cc(-c3cc(F)c4nccc(N5CCC[C@@H](NC(=O)O)C5)c4c3)c3cc(C(=O)NCc4cccnc4)cnc32)cc1. The molecule has 2 amide bonds. The van der Waals surface area contributed by atoms with Crippen molar-refractivity contribution in [2.75, 3.05) is 18.0 Å². The first kappa shape index (κ1) is 32.6. The van der Waals surface area contributed by atoms with Gasteiger partial charge in [-0.2, -0.15) is 0 Å². The lowest BCUT2D eigenvalue weighted by Crippen LogP contribution is -2.47. The van der Waals surface area contributed by atoms with Crippen LogP contribution in [-0.2, 0) is 16.6 Å². The van der Waals surface area contributed by atoms with Crippen molar-refractivity contribution >= 4 is 49.6 Å². The van der Waals surface area contributed by atoms with Gasteiger partial charge in [0.2, 0.25) is 0 Å². The number of piperidine rings is 1. The predicted octanol–water partition coefficient (Wildman–Crippen LogP) is 5.50. The number of nitrogens with zero attached hydrogens (tertiary/aromatic N) is 5. The Labute approximate surface area is 286 Å². The molecule has 1 aliphatic heterocycles. The van der Waals surface area contributed by atoms with Gasteiger partial charge in [-0.05, 0) is 73.4 Å². The molecule has 7 rings (SSSR count). The summed E-state index contributed by atoms with van der Waals surface area (Å²) in [5.74, 6) is -1.06. The highest BCUT2D eigenvalue weighted by molar-refractivity contribution is 7.90. The molecule has 3 N–H and O–H groups in total. The van der Waals surface area contributed by atoms with Crippen molar-refractivity contribution in [3.8, 4) is 11.1 Å². The van der Waals surface area contributed by atoms with Crippen LogP contribution in [0.25, 0.3) is 33.1 Å². The van der Waals surface area contributed by atoms with E-state index in [0.717, 1.165) is 21.5 Å². The Kier molecular flexibility index (Phi) is 8.62. The Morgan fingerprint density at radius 1 is 1.02 bits per heavy atom. The number of fused-ring (bicyclic) bond motifs is 2. The van der Waals surface area contributed by atoms with Gasteiger partial charge in [0.05, 0.1) is 10.5 Å². The highest BCUT2D eigenvalue weighted by Crippen LogP contribution is 2.37. The number of aromatic nitrogens is 4. The first-order valence-corrected chi connectivity index (χ1v) is 17.4. The Morgan fingerprint density at radius 2 is 1.84 bits per heavy atom. The second-order valence-corrected chi connectivity index (χ2v) is 14.0. The predicted molar refractivity (Wildman–Crippen MR) is 186 cm³/mol. The highest BCUT2D eigenvalue weighted by atomic mass is 32.2. The number of rotatable bonds is 8. The minimum Gasteiger partial charge on any atom is -0.465 e. The van der Waals surface area contributed by atoms with Crippen LogP contribution in [0.2, 0.25) is 0 Å². The number of aryl methyl sites for hydroxylation is 1. The topological polar surface area (TPSA) is 159 Å². The van der Waals surface area contributed by atoms with Crippen molar-refractivity contribution in [3.63, 3.8) is 0 Å². The summed E-state index contributed by atoms with van der Waals surface area (Å²) in [6.45, 7) is 3.07. The zero-order valence-electron chi connectivity index (χ0n) is 26.9. The van der Waals surface area contributed by atoms with Crippen molar-refractivity contribution in [1.29, 1.82) is 0 Å². The number of carbonyl (C=O) groups excluding carboxylic acids is 1. The molecule has 1 fully saturated rings. The Bertz CT molecular complexity index is 2370. The summed E-state index contributed by atoms with van der Waals surface area (Å²) in [6.07, 6.45) is 7.77. The lowest BCUT2D eigenvalue weighted by atomic mass is 10.00. The van der Waals surface area contributed by atoms with Gasteiger partial charge < -0.3 is 20.6 Å². The third kappa shape index (κ3) is 6.32. The number of amides is 2. The quantitative estimate of drug-likeness (QED) is 0.187. The van der Waals surface area contributed by atoms with Crippen molar-refractivity contribution in [2.45, 2.75) is 37.2 Å². The Balaban J connectivity index is 1.36. The zero-order valence-corrected chi connectivity index (χ0v) is 27.7. The molecule has 5 heterocycles. The summed E-state index contributed by atoms with van der Waals surface area (Å²) in [4.78, 5) is 39.5. The van der Waals surface area contributed by atoms with Crippen molar-refractivity contribution < 1.29 is 27.5 Å². The van der Waals surface area contributed by atoms with Crippen LogP contribution in [0, 0.1) is 12.7 Å². The average molecular weight is 694 g/mol. The van der Waals surface area contributed by atoms with E-state index in [1.807, 2.05) is 17.9 Å². The molecule has 0 aliphatic carbocycles. The van der Waals surface area contributed by atoms with Crippen LogP contribution in [0.15, 0.2) is 96.5 Å². The number of anilines is 1. The fourth-order valence-corrected chi connectivity index (χ4v) is 7.67. The number of carbonyl (C=O) groups is 2. The lowest BCUT2D eigenvalue weighted by Gasteiger charge is -2.34. The van der Waals surface area contributed by atoms with Crippen molar-refractivity contribution in [3.05, 3.63) is 114 Å². The molecule has 6 aromatic rings. The molecule has 12 nitrogen and oxygen atoms in total. The highest BCUT2D eigenvalue weighted by Gasteiger charge is 2.27. The average Bonchev–Trinajstić information content (AvgIpc) is 3.51. The Hall–Kier alpha value is -5.89. The molecule has 0 spiro atoms. The van der Waals surface area contributed by atoms with Gasteiger partial charge in [0.25, 0.3) is 15.9 Å². The van der Waals surface area contributed by atoms with Crippen LogP contribution in [0.4, 0.5) is 14.9 Å². The maximum absolute atomic E-state index is 16.0. The molecule has 0 radical (unpaired) electrons. The summed E-state index contributed by atoms with van der Waals surface area (Å²) in [7, 11) is -4.17. The van der Waals surface area contributed by atoms with Crippen LogP contribution in [-0.4, -0.2) is 63.6 Å². The van der Waals surface area contributed by atoms with Gasteiger partial charge >= 0.3 is 6.09 Å². The molecular formula is C36H32FN7O5S. The van der Waals surface area contributed by atoms with Gasteiger partial charge in [0, 0.05) is 78.7 Å². The Morgan fingerprint density at radius 3 is 2.60 bits per heavy atom. The fraction of sp³-hybridized carbons (Fsp3) is 0.194. The molecule has 1 atom stereocenters. The molecule has 254 valence electrons. The smallest absolute Gasteiger partial charge is 0.404 e. The van der Waals surface area contributed by atoms with Crippen LogP contribution in [0.3, 0.4) is 0 Å². The third-order valence-electron chi connectivity index (χ3n) is 8.80. The number of hydrogen-bond acceptors (Lipinski definition) is 8. The molecule has 2 aromatic carbocycles. The number of carboxylic acid groups (broad SMARTS) is 1. The van der Waals surface area contributed by atoms with Gasteiger partial charge in [-0.25, -0.2) is 26.6 Å². The summed E-state index contributed by atoms with van der Waals surface area (Å²) in [5, 5.41) is 15.5. The van der Waals surface area contributed by atoms with E-state index >= 15 is 4.39 Å². The normalized spacial score (nSPS) is 14.9. The molecule has 0 bridgehead atoms. The summed E-state index contributed by atoms with van der Waals surface area (Å²) in [5.41, 5.74) is 3.39. The third-order valence-corrected chi connectivity index (χ3v) is 10.5. The summed E-state index contributed by atoms with van der Waals surface area (Å²) in [6, 6.07) is 16.0. The van der Waals surface area contributed by atoms with E-state index in [2.05, 4.69) is 25.6 Å². The standard InChI is InChI=1S/C36H32FN7O5S/c1-22-6-8-27(9-7-22)50(48,49)44-21-30(28-15-25(19-40-34(28)44)35(45)41-18-23-4-2-11-38-17-23)24-14-29-32(10-12-39-33(29)31(37)16-24)43-13-3-5-26(20-43)42-36(46)47/h2,4,6-12,14-17,19,21,26,42H,3,5,13,18,20H2,1H3,(H,41,45)(H,46,47)/t26-/m1/s1. The number of nitrogens with one attached hydrogen (secondary N) is 2. The monoisotopic (exact) mass is 693 g/mol. The number of hydrogen-bond donors (Lipinski definition) is 3. The van der Waals surface area contributed by atoms with Gasteiger partial charge in [-0.15, -0.1) is 0 Å². The van der Waals surface area contributed by atoms with Gasteiger partial charge in [0.15, 0.2) is 5.65 Å². The van der Waals surface area contributed by atoms with E-state index in [1.54, 1.807) is 48.8 Å². The van der Waals surface area contributed by atoms with E-state index in [1.165, 1.54) is 36.8 Å². The van der Waals surface area contributed by atoms with E-state index in [9.17, 15) is 23.1 Å². The van der Waals surface area contributed by atoms with Crippen LogP contribution in [0.5, 0.6) is 0 Å². The molecule has 4 aromatic heterocycles. The van der Waals surface area contributed by atoms with Crippen molar-refractivity contribution in [2.24, 2.45) is 0 Å². The molecule has 0 unspecified atom stereocenters. The molecule has 0 saturated carbocycles. The number of pyridine rings is 3. The number of benzene rings is 2. The van der Waals surface area contributed by atoms with Crippen LogP contribution < -0.4 is 15.5 Å². The maximum atomic E-state index is 16.0. The number of halogens is 1. The fourth-order valence-electron chi connectivity index (χ4n) is 6.34. The first-order chi connectivity index (χ1) is 24.1. The first-order valence-electron chi connectivity index (χ1n) is 15.9. The van der Waals surface area contributed by atoms with E-state index in [-0.39, 0.29) is 34.2 Å². The molecule has 1 aliphatic rings. The van der Waals surface area contributed by atoms with Crippen LogP contribution >= 0.6 is 0 Å². The second kappa shape index (κ2) is 13.2. The van der Waals surface area contributed by atoms with Gasteiger partial charge in [0.1, 0.15) is 11.3 Å².